The lowest BCUT2D eigenvalue weighted by atomic mass is 9.36. The second-order valence-corrected chi connectivity index (χ2v) is 14.3. The van der Waals surface area contributed by atoms with Crippen LogP contribution >= 0.6 is 0 Å². The smallest absolute Gasteiger partial charge is 0.120 e. The van der Waals surface area contributed by atoms with E-state index in [-0.39, 0.29) is 27.8 Å². The van der Waals surface area contributed by atoms with Crippen LogP contribution in [-0.2, 0) is 27.5 Å². The van der Waals surface area contributed by atoms with Gasteiger partial charge in [0.2, 0.25) is 0 Å². The Morgan fingerprint density at radius 3 is 2.08 bits per heavy atom. The van der Waals surface area contributed by atoms with E-state index in [2.05, 4.69) is 96.1 Å². The maximum absolute atomic E-state index is 12.4. The lowest BCUT2D eigenvalue weighted by Crippen LogP contribution is -2.64. The molecule has 0 N–H and O–H groups in total. The lowest BCUT2D eigenvalue weighted by Gasteiger charge is -2.69. The first-order chi connectivity index (χ1) is 19.1. The molecular formula is C37H50O3. The molecule has 2 aromatic carbocycles. The molecule has 40 heavy (non-hydrogen) atoms. The number of allylic oxidation sites excluding steroid dienone is 1. The largest absolute Gasteiger partial charge is 0.376 e. The molecule has 3 nitrogen and oxygen atoms in total. The number of benzene rings is 2. The molecule has 2 fully saturated rings. The monoisotopic (exact) mass is 542 g/mol. The van der Waals surface area contributed by atoms with E-state index in [0.717, 1.165) is 19.3 Å². The number of fused-ring (bicyclic) bond motifs is 3. The minimum absolute atomic E-state index is 0.00720. The molecule has 3 aliphatic carbocycles. The van der Waals surface area contributed by atoms with Crippen molar-refractivity contribution < 1.29 is 14.3 Å². The first-order valence-electron chi connectivity index (χ1n) is 15.5. The van der Waals surface area contributed by atoms with Crippen molar-refractivity contribution >= 4 is 6.29 Å². The van der Waals surface area contributed by atoms with Crippen molar-refractivity contribution in [1.29, 1.82) is 0 Å². The zero-order chi connectivity index (χ0) is 28.6. The van der Waals surface area contributed by atoms with Crippen molar-refractivity contribution in [2.24, 2.45) is 33.5 Å². The van der Waals surface area contributed by atoms with Gasteiger partial charge < -0.3 is 14.3 Å². The molecule has 3 heteroatoms. The molecule has 3 aliphatic rings. The molecule has 0 amide bonds. The van der Waals surface area contributed by atoms with Gasteiger partial charge in [-0.25, -0.2) is 0 Å². The average Bonchev–Trinajstić information content (AvgIpc) is 2.94. The van der Waals surface area contributed by atoms with Crippen LogP contribution < -0.4 is 0 Å². The van der Waals surface area contributed by atoms with Gasteiger partial charge in [-0.1, -0.05) is 99.5 Å². The highest BCUT2D eigenvalue weighted by Crippen LogP contribution is 2.72. The van der Waals surface area contributed by atoms with Crippen LogP contribution in [0.2, 0.25) is 0 Å². The third kappa shape index (κ3) is 4.81. The number of carbonyl (C=O) groups excluding carboxylic acids is 1. The normalized spacial score (nSPS) is 35.1. The lowest BCUT2D eigenvalue weighted by molar-refractivity contribution is -0.215. The predicted octanol–water partition coefficient (Wildman–Crippen LogP) is 8.96. The molecule has 0 heterocycles. The first kappa shape index (κ1) is 29.3. The Labute approximate surface area is 242 Å². The summed E-state index contributed by atoms with van der Waals surface area (Å²) in [6.07, 6.45) is 7.65. The van der Waals surface area contributed by atoms with Crippen molar-refractivity contribution in [1.82, 2.24) is 0 Å². The minimum Gasteiger partial charge on any atom is -0.376 e. The van der Waals surface area contributed by atoms with Crippen LogP contribution in [0.3, 0.4) is 0 Å². The summed E-state index contributed by atoms with van der Waals surface area (Å²) in [4.78, 5) is 12.4. The number of aldehydes is 1. The molecule has 0 aromatic heterocycles. The topological polar surface area (TPSA) is 35.5 Å². The van der Waals surface area contributed by atoms with Gasteiger partial charge in [0.15, 0.2) is 0 Å². The molecule has 0 saturated heterocycles. The van der Waals surface area contributed by atoms with Crippen LogP contribution in [-0.4, -0.2) is 19.0 Å². The molecule has 0 bridgehead atoms. The van der Waals surface area contributed by atoms with Gasteiger partial charge in [-0.15, -0.1) is 0 Å². The van der Waals surface area contributed by atoms with Gasteiger partial charge in [-0.3, -0.25) is 0 Å². The van der Waals surface area contributed by atoms with Crippen molar-refractivity contribution in [3.05, 3.63) is 82.9 Å². The highest BCUT2D eigenvalue weighted by atomic mass is 16.5. The molecule has 6 atom stereocenters. The third-order valence-corrected chi connectivity index (χ3v) is 12.1. The second-order valence-electron chi connectivity index (χ2n) is 14.3. The summed E-state index contributed by atoms with van der Waals surface area (Å²) in [7, 11) is 0. The predicted molar refractivity (Wildman–Crippen MR) is 163 cm³/mol. The van der Waals surface area contributed by atoms with E-state index < -0.39 is 0 Å². The van der Waals surface area contributed by atoms with Crippen LogP contribution in [0.25, 0.3) is 0 Å². The van der Waals surface area contributed by atoms with E-state index >= 15 is 0 Å². The van der Waals surface area contributed by atoms with Gasteiger partial charge in [0.1, 0.15) is 6.29 Å². The number of rotatable bonds is 9. The van der Waals surface area contributed by atoms with Gasteiger partial charge in [-0.05, 0) is 85.2 Å². The summed E-state index contributed by atoms with van der Waals surface area (Å²) in [5, 5.41) is 0. The van der Waals surface area contributed by atoms with Gasteiger partial charge in [-0.2, -0.15) is 0 Å². The zero-order valence-corrected chi connectivity index (χ0v) is 25.7. The van der Waals surface area contributed by atoms with E-state index in [1.54, 1.807) is 0 Å². The molecular weight excluding hydrogens is 492 g/mol. The first-order valence-corrected chi connectivity index (χ1v) is 15.5. The summed E-state index contributed by atoms with van der Waals surface area (Å²) >= 11 is 0. The number of ether oxygens (including phenoxy) is 2. The second kappa shape index (κ2) is 11.2. The van der Waals surface area contributed by atoms with Gasteiger partial charge in [0.05, 0.1) is 25.9 Å². The quantitative estimate of drug-likeness (QED) is 0.234. The fourth-order valence-electron chi connectivity index (χ4n) is 9.70. The van der Waals surface area contributed by atoms with E-state index in [1.165, 1.54) is 41.4 Å². The zero-order valence-electron chi connectivity index (χ0n) is 25.7. The van der Waals surface area contributed by atoms with E-state index in [4.69, 9.17) is 9.47 Å². The number of carbonyl (C=O) groups is 1. The average molecular weight is 543 g/mol. The SMILES string of the molecule is CC1=C(C)[C@](CC=O)(COCc2ccccc2)[C@@]2(C)CC[C@@H]3C(C)(C)[C@H](OCc4ccccc4)CC[C@@]3(C)[C@@H]2C1. The van der Waals surface area contributed by atoms with Gasteiger partial charge >= 0.3 is 0 Å². The summed E-state index contributed by atoms with van der Waals surface area (Å²) in [6, 6.07) is 21.0. The van der Waals surface area contributed by atoms with Crippen LogP contribution in [0, 0.1) is 33.5 Å². The number of hydrogen-bond donors (Lipinski definition) is 0. The summed E-state index contributed by atoms with van der Waals surface area (Å²) < 4.78 is 13.2. The molecule has 216 valence electrons. The van der Waals surface area contributed by atoms with Gasteiger partial charge in [0.25, 0.3) is 0 Å². The fraction of sp³-hybridized carbons (Fsp3) is 0.595. The molecule has 0 unspecified atom stereocenters. The highest BCUT2D eigenvalue weighted by Gasteiger charge is 2.66. The standard InChI is InChI=1S/C37H50O3/c1-27-23-32-35(5)19-18-33(40-25-30-15-11-8-12-16-30)34(3,4)31(35)17-20-36(32,6)37(21-22-38,28(27)2)26-39-24-29-13-9-7-10-14-29/h7-16,22,31-33H,17-21,23-26H2,1-6H3/t31-,32+,33-,35-,36+,37+/m1/s1. The summed E-state index contributed by atoms with van der Waals surface area (Å²) in [5.74, 6) is 1.09. The van der Waals surface area contributed by atoms with Crippen molar-refractivity contribution in [3.63, 3.8) is 0 Å². The fourth-order valence-corrected chi connectivity index (χ4v) is 9.70. The Morgan fingerprint density at radius 2 is 1.45 bits per heavy atom. The maximum atomic E-state index is 12.4. The van der Waals surface area contributed by atoms with Crippen LogP contribution in [0.5, 0.6) is 0 Å². The van der Waals surface area contributed by atoms with Crippen LogP contribution in [0.1, 0.15) is 91.2 Å². The molecule has 5 rings (SSSR count). The van der Waals surface area contributed by atoms with Gasteiger partial charge in [0, 0.05) is 11.8 Å². The van der Waals surface area contributed by atoms with E-state index in [9.17, 15) is 4.79 Å². The summed E-state index contributed by atoms with van der Waals surface area (Å²) in [6.45, 7) is 16.5. The van der Waals surface area contributed by atoms with E-state index in [0.29, 0.717) is 38.1 Å². The number of hydrogen-bond acceptors (Lipinski definition) is 3. The van der Waals surface area contributed by atoms with Crippen molar-refractivity contribution in [3.8, 4) is 0 Å². The Kier molecular flexibility index (Phi) is 8.21. The Bertz CT molecular complexity index is 1200. The van der Waals surface area contributed by atoms with Crippen molar-refractivity contribution in [2.45, 2.75) is 99.4 Å². The van der Waals surface area contributed by atoms with Crippen molar-refractivity contribution in [2.75, 3.05) is 6.61 Å². The van der Waals surface area contributed by atoms with Crippen LogP contribution in [0.15, 0.2) is 71.8 Å². The Morgan fingerprint density at radius 1 is 0.825 bits per heavy atom. The van der Waals surface area contributed by atoms with Crippen LogP contribution in [0.4, 0.5) is 0 Å². The molecule has 0 spiro atoms. The Hall–Kier alpha value is -2.23. The maximum Gasteiger partial charge on any atom is 0.120 e. The molecule has 0 radical (unpaired) electrons. The molecule has 2 aromatic rings. The molecule has 2 saturated carbocycles. The Balaban J connectivity index is 1.43. The van der Waals surface area contributed by atoms with E-state index in [1.807, 2.05) is 6.07 Å². The minimum atomic E-state index is -0.269. The highest BCUT2D eigenvalue weighted by molar-refractivity contribution is 5.54. The third-order valence-electron chi connectivity index (χ3n) is 12.1. The summed E-state index contributed by atoms with van der Waals surface area (Å²) in [5.41, 5.74) is 5.32. The molecule has 0 aliphatic heterocycles.